The molecule has 3 aromatic rings. The zero-order valence-corrected chi connectivity index (χ0v) is 12.5. The van der Waals surface area contributed by atoms with E-state index in [9.17, 15) is 10.1 Å². The molecule has 0 atom stereocenters. The number of thiophene rings is 1. The highest BCUT2D eigenvalue weighted by Gasteiger charge is 2.09. The Labute approximate surface area is 131 Å². The second kappa shape index (κ2) is 6.41. The van der Waals surface area contributed by atoms with E-state index in [1.54, 1.807) is 11.3 Å². The zero-order valence-electron chi connectivity index (χ0n) is 11.6. The van der Waals surface area contributed by atoms with Gasteiger partial charge in [0.15, 0.2) is 0 Å². The lowest BCUT2D eigenvalue weighted by atomic mass is 10.1. The topological polar surface area (TPSA) is 52.4 Å². The van der Waals surface area contributed by atoms with Crippen LogP contribution in [0.4, 0.5) is 0 Å². The van der Waals surface area contributed by atoms with Crippen LogP contribution in [0, 0.1) is 10.1 Å². The number of nitrogens with zero attached hydrogens (tertiary/aromatic N) is 1. The Kier molecular flexibility index (Phi) is 4.16. The zero-order chi connectivity index (χ0) is 15.4. The first-order chi connectivity index (χ1) is 10.7. The predicted molar refractivity (Wildman–Crippen MR) is 88.6 cm³/mol. The van der Waals surface area contributed by atoms with Gasteiger partial charge in [-0.05, 0) is 23.1 Å². The molecule has 0 fully saturated rings. The minimum atomic E-state index is -0.461. The third-order valence-corrected chi connectivity index (χ3v) is 4.17. The Bertz CT molecular complexity index is 824. The van der Waals surface area contributed by atoms with E-state index in [-0.39, 0.29) is 0 Å². The second-order valence-corrected chi connectivity index (χ2v) is 5.61. The molecule has 5 heteroatoms. The molecule has 0 spiro atoms. The molecule has 4 nitrogen and oxygen atoms in total. The quantitative estimate of drug-likeness (QED) is 0.505. The van der Waals surface area contributed by atoms with Crippen LogP contribution in [-0.2, 0) is 6.61 Å². The van der Waals surface area contributed by atoms with Gasteiger partial charge in [-0.1, -0.05) is 36.4 Å². The van der Waals surface area contributed by atoms with Crippen molar-refractivity contribution in [2.45, 2.75) is 6.61 Å². The molecule has 0 saturated heterocycles. The van der Waals surface area contributed by atoms with Gasteiger partial charge in [-0.2, -0.15) is 0 Å². The minimum absolute atomic E-state index is 0.461. The molecule has 0 saturated carbocycles. The van der Waals surface area contributed by atoms with Crippen molar-refractivity contribution < 1.29 is 9.66 Å². The van der Waals surface area contributed by atoms with E-state index < -0.39 is 4.92 Å². The number of fused-ring (bicyclic) bond motifs is 1. The maximum Gasteiger partial charge on any atom is 0.235 e. The first-order valence-corrected chi connectivity index (χ1v) is 7.60. The number of rotatable bonds is 5. The molecule has 0 unspecified atom stereocenters. The number of ether oxygens (including phenoxy) is 1. The van der Waals surface area contributed by atoms with Gasteiger partial charge in [-0.3, -0.25) is 10.1 Å². The molecule has 0 aliphatic rings. The largest absolute Gasteiger partial charge is 0.488 e. The number of hydrogen-bond donors (Lipinski definition) is 0. The lowest BCUT2D eigenvalue weighted by molar-refractivity contribution is -0.400. The summed E-state index contributed by atoms with van der Waals surface area (Å²) >= 11 is 1.55. The Balaban J connectivity index is 1.91. The van der Waals surface area contributed by atoms with Gasteiger partial charge >= 0.3 is 0 Å². The van der Waals surface area contributed by atoms with Crippen LogP contribution in [-0.4, -0.2) is 4.92 Å². The van der Waals surface area contributed by atoms with Crippen LogP contribution in [0.15, 0.2) is 60.1 Å². The first-order valence-electron chi connectivity index (χ1n) is 6.72. The first kappa shape index (κ1) is 14.3. The van der Waals surface area contributed by atoms with Crippen LogP contribution in [0.25, 0.3) is 16.2 Å². The fraction of sp³-hybridized carbons (Fsp3) is 0.0588. The molecule has 0 aliphatic heterocycles. The predicted octanol–water partition coefficient (Wildman–Crippen LogP) is 4.73. The molecule has 0 amide bonds. The third-order valence-electron chi connectivity index (χ3n) is 3.20. The van der Waals surface area contributed by atoms with Crippen molar-refractivity contribution in [2.24, 2.45) is 0 Å². The molecular weight excluding hydrogens is 298 g/mol. The van der Waals surface area contributed by atoms with Gasteiger partial charge in [0.05, 0.1) is 4.92 Å². The maximum absolute atomic E-state index is 10.5. The van der Waals surface area contributed by atoms with Crippen LogP contribution in [0.2, 0.25) is 0 Å². The van der Waals surface area contributed by atoms with E-state index in [0.29, 0.717) is 6.61 Å². The van der Waals surface area contributed by atoms with Gasteiger partial charge in [0.1, 0.15) is 12.4 Å². The number of benzene rings is 2. The van der Waals surface area contributed by atoms with E-state index >= 15 is 0 Å². The highest BCUT2D eigenvalue weighted by atomic mass is 32.1. The normalized spacial score (nSPS) is 11.1. The number of hydrogen-bond acceptors (Lipinski definition) is 4. The van der Waals surface area contributed by atoms with Gasteiger partial charge in [-0.15, -0.1) is 11.3 Å². The van der Waals surface area contributed by atoms with E-state index in [4.69, 9.17) is 4.74 Å². The SMILES string of the molecule is O=[N+]([O-])C=Cc1csc2cccc(OCc3ccccc3)c12. The highest BCUT2D eigenvalue weighted by Crippen LogP contribution is 2.35. The monoisotopic (exact) mass is 311 g/mol. The molecule has 0 radical (unpaired) electrons. The molecule has 0 N–H and O–H groups in total. The Morgan fingerprint density at radius 3 is 2.73 bits per heavy atom. The van der Waals surface area contributed by atoms with Gasteiger partial charge in [0.2, 0.25) is 6.20 Å². The van der Waals surface area contributed by atoms with Crippen molar-refractivity contribution in [3.63, 3.8) is 0 Å². The van der Waals surface area contributed by atoms with Crippen LogP contribution in [0.1, 0.15) is 11.1 Å². The van der Waals surface area contributed by atoms with Gasteiger partial charge in [0, 0.05) is 21.7 Å². The second-order valence-electron chi connectivity index (χ2n) is 4.70. The Hall–Kier alpha value is -2.66. The summed E-state index contributed by atoms with van der Waals surface area (Å²) < 4.78 is 6.96. The van der Waals surface area contributed by atoms with Crippen molar-refractivity contribution in [1.29, 1.82) is 0 Å². The molecule has 22 heavy (non-hydrogen) atoms. The molecular formula is C17H13NO3S. The summed E-state index contributed by atoms with van der Waals surface area (Å²) in [5.74, 6) is 0.741. The standard InChI is InChI=1S/C17H13NO3S/c19-18(20)10-9-14-12-22-16-8-4-7-15(17(14)16)21-11-13-5-2-1-3-6-13/h1-10,12H,11H2. The maximum atomic E-state index is 10.5. The molecule has 0 bridgehead atoms. The summed E-state index contributed by atoms with van der Waals surface area (Å²) in [6.45, 7) is 0.466. The van der Waals surface area contributed by atoms with Crippen LogP contribution in [0.5, 0.6) is 5.75 Å². The fourth-order valence-electron chi connectivity index (χ4n) is 2.20. The average molecular weight is 311 g/mol. The van der Waals surface area contributed by atoms with Crippen LogP contribution in [0.3, 0.4) is 0 Å². The molecule has 110 valence electrons. The van der Waals surface area contributed by atoms with E-state index in [0.717, 1.165) is 33.2 Å². The lowest BCUT2D eigenvalue weighted by Gasteiger charge is -2.08. The molecule has 3 rings (SSSR count). The highest BCUT2D eigenvalue weighted by molar-refractivity contribution is 7.17. The van der Waals surface area contributed by atoms with E-state index in [2.05, 4.69) is 0 Å². The van der Waals surface area contributed by atoms with Gasteiger partial charge < -0.3 is 4.74 Å². The summed E-state index contributed by atoms with van der Waals surface area (Å²) in [6.07, 6.45) is 2.46. The summed E-state index contributed by atoms with van der Waals surface area (Å²) in [4.78, 5) is 10.1. The van der Waals surface area contributed by atoms with Gasteiger partial charge in [0.25, 0.3) is 0 Å². The summed E-state index contributed by atoms with van der Waals surface area (Å²) in [5, 5.41) is 13.3. The lowest BCUT2D eigenvalue weighted by Crippen LogP contribution is -1.95. The number of nitro groups is 1. The van der Waals surface area contributed by atoms with E-state index in [1.807, 2.05) is 53.9 Å². The Morgan fingerprint density at radius 1 is 1.14 bits per heavy atom. The van der Waals surface area contributed by atoms with E-state index in [1.165, 1.54) is 6.08 Å². The van der Waals surface area contributed by atoms with Crippen molar-refractivity contribution >= 4 is 27.5 Å². The van der Waals surface area contributed by atoms with Crippen molar-refractivity contribution in [3.8, 4) is 5.75 Å². The minimum Gasteiger partial charge on any atom is -0.488 e. The summed E-state index contributed by atoms with van der Waals surface area (Å²) in [7, 11) is 0. The van der Waals surface area contributed by atoms with Crippen molar-refractivity contribution in [2.75, 3.05) is 0 Å². The molecule has 2 aromatic carbocycles. The average Bonchev–Trinajstić information content (AvgIpc) is 2.96. The summed E-state index contributed by atoms with van der Waals surface area (Å²) in [5.41, 5.74) is 1.89. The van der Waals surface area contributed by atoms with Crippen molar-refractivity contribution in [1.82, 2.24) is 0 Å². The fourth-order valence-corrected chi connectivity index (χ4v) is 3.14. The third kappa shape index (κ3) is 3.15. The van der Waals surface area contributed by atoms with Crippen LogP contribution >= 0.6 is 11.3 Å². The molecule has 0 aliphatic carbocycles. The van der Waals surface area contributed by atoms with Crippen molar-refractivity contribution in [3.05, 3.63) is 81.4 Å². The summed E-state index contributed by atoms with van der Waals surface area (Å²) in [6, 6.07) is 15.7. The molecule has 1 heterocycles. The smallest absolute Gasteiger partial charge is 0.235 e. The van der Waals surface area contributed by atoms with Crippen LogP contribution < -0.4 is 4.74 Å². The molecule has 1 aromatic heterocycles. The van der Waals surface area contributed by atoms with Gasteiger partial charge in [-0.25, -0.2) is 0 Å². The Morgan fingerprint density at radius 2 is 1.95 bits per heavy atom.